The normalized spacial score (nSPS) is 17.1. The Morgan fingerprint density at radius 2 is 2.25 bits per heavy atom. The number of carbonyl (C=O) groups is 1. The van der Waals surface area contributed by atoms with Gasteiger partial charge in [-0.25, -0.2) is 4.39 Å². The molecular weight excluding hydrogens is 231 g/mol. The summed E-state index contributed by atoms with van der Waals surface area (Å²) in [6.45, 7) is 0. The highest BCUT2D eigenvalue weighted by molar-refractivity contribution is 6.31. The lowest BCUT2D eigenvalue weighted by atomic mass is 9.91. The fourth-order valence-corrected chi connectivity index (χ4v) is 2.27. The van der Waals surface area contributed by atoms with Crippen LogP contribution in [-0.4, -0.2) is 11.1 Å². The summed E-state index contributed by atoms with van der Waals surface area (Å²) >= 11 is 5.99. The van der Waals surface area contributed by atoms with Crippen molar-refractivity contribution in [2.75, 3.05) is 0 Å². The molecule has 0 amide bonds. The van der Waals surface area contributed by atoms with Gasteiger partial charge in [0.2, 0.25) is 0 Å². The van der Waals surface area contributed by atoms with Gasteiger partial charge in [-0.2, -0.15) is 0 Å². The Hall–Kier alpha value is -1.09. The summed E-state index contributed by atoms with van der Waals surface area (Å²) < 4.78 is 13.1. The maximum absolute atomic E-state index is 13.1. The monoisotopic (exact) mass is 242 g/mol. The van der Waals surface area contributed by atoms with Gasteiger partial charge in [0.25, 0.3) is 0 Å². The smallest absolute Gasteiger partial charge is 0.303 e. The Labute approximate surface area is 98.0 Å². The summed E-state index contributed by atoms with van der Waals surface area (Å²) in [6.07, 6.45) is 2.03. The Morgan fingerprint density at radius 3 is 2.81 bits per heavy atom. The lowest BCUT2D eigenvalue weighted by Crippen LogP contribution is -2.09. The first-order valence-electron chi connectivity index (χ1n) is 5.24. The lowest BCUT2D eigenvalue weighted by Gasteiger charge is -2.16. The predicted octanol–water partition coefficient (Wildman–Crippen LogP) is 3.45. The van der Waals surface area contributed by atoms with E-state index in [0.717, 1.165) is 12.8 Å². The Balaban J connectivity index is 2.30. The van der Waals surface area contributed by atoms with Crippen LogP contribution in [0.2, 0.25) is 5.02 Å². The highest BCUT2D eigenvalue weighted by Gasteiger charge is 2.34. The van der Waals surface area contributed by atoms with Crippen molar-refractivity contribution < 1.29 is 14.3 Å². The molecule has 1 fully saturated rings. The SMILES string of the molecule is O=C(O)CC(c1cc(F)ccc1Cl)C1CC1. The molecule has 0 aromatic heterocycles. The third-order valence-corrected chi connectivity index (χ3v) is 3.29. The van der Waals surface area contributed by atoms with Crippen LogP contribution in [0, 0.1) is 11.7 Å². The van der Waals surface area contributed by atoms with Gasteiger partial charge < -0.3 is 5.11 Å². The van der Waals surface area contributed by atoms with Gasteiger partial charge in [-0.05, 0) is 48.4 Å². The highest BCUT2D eigenvalue weighted by atomic mass is 35.5. The third-order valence-electron chi connectivity index (χ3n) is 2.94. The van der Waals surface area contributed by atoms with Crippen molar-refractivity contribution in [2.24, 2.45) is 5.92 Å². The maximum Gasteiger partial charge on any atom is 0.303 e. The minimum absolute atomic E-state index is 0.0217. The van der Waals surface area contributed by atoms with Gasteiger partial charge >= 0.3 is 5.97 Å². The van der Waals surface area contributed by atoms with E-state index in [1.165, 1.54) is 18.2 Å². The standard InChI is InChI=1S/C12H12ClFO2/c13-11-4-3-8(14)5-10(11)9(6-12(15)16)7-1-2-7/h3-5,7,9H,1-2,6H2,(H,15,16). The Bertz CT molecular complexity index is 415. The van der Waals surface area contributed by atoms with E-state index in [1.807, 2.05) is 0 Å². The van der Waals surface area contributed by atoms with E-state index in [1.54, 1.807) is 0 Å². The molecule has 0 saturated heterocycles. The molecule has 0 bridgehead atoms. The summed E-state index contributed by atoms with van der Waals surface area (Å²) in [6, 6.07) is 4.13. The number of aliphatic carboxylic acids is 1. The lowest BCUT2D eigenvalue weighted by molar-refractivity contribution is -0.137. The second kappa shape index (κ2) is 4.42. The first-order valence-corrected chi connectivity index (χ1v) is 5.62. The van der Waals surface area contributed by atoms with Crippen LogP contribution in [0.4, 0.5) is 4.39 Å². The van der Waals surface area contributed by atoms with Crippen molar-refractivity contribution >= 4 is 17.6 Å². The van der Waals surface area contributed by atoms with Crippen molar-refractivity contribution in [1.29, 1.82) is 0 Å². The van der Waals surface area contributed by atoms with E-state index in [2.05, 4.69) is 0 Å². The molecular formula is C12H12ClFO2. The van der Waals surface area contributed by atoms with Crippen molar-refractivity contribution in [3.8, 4) is 0 Å². The largest absolute Gasteiger partial charge is 0.481 e. The van der Waals surface area contributed by atoms with Crippen molar-refractivity contribution in [2.45, 2.75) is 25.2 Å². The molecule has 2 nitrogen and oxygen atoms in total. The average Bonchev–Trinajstić information content (AvgIpc) is 3.02. The molecule has 4 heteroatoms. The maximum atomic E-state index is 13.1. The third kappa shape index (κ3) is 2.53. The van der Waals surface area contributed by atoms with E-state index in [9.17, 15) is 9.18 Å². The van der Waals surface area contributed by atoms with Crippen LogP contribution in [0.15, 0.2) is 18.2 Å². The first kappa shape index (κ1) is 11.4. The minimum Gasteiger partial charge on any atom is -0.481 e. The van der Waals surface area contributed by atoms with Gasteiger partial charge in [0.1, 0.15) is 5.82 Å². The molecule has 0 radical (unpaired) electrons. The van der Waals surface area contributed by atoms with Gasteiger partial charge in [-0.3, -0.25) is 4.79 Å². The topological polar surface area (TPSA) is 37.3 Å². The molecule has 1 saturated carbocycles. The van der Waals surface area contributed by atoms with Gasteiger partial charge in [0.05, 0.1) is 6.42 Å². The first-order chi connectivity index (χ1) is 7.58. The number of carboxylic acid groups (broad SMARTS) is 1. The highest BCUT2D eigenvalue weighted by Crippen LogP contribution is 2.46. The van der Waals surface area contributed by atoms with Gasteiger partial charge in [0, 0.05) is 5.02 Å². The van der Waals surface area contributed by atoms with Crippen LogP contribution in [0.5, 0.6) is 0 Å². The number of hydrogen-bond acceptors (Lipinski definition) is 1. The second-order valence-electron chi connectivity index (χ2n) is 4.21. The summed E-state index contributed by atoms with van der Waals surface area (Å²) in [5.74, 6) is -1.04. The quantitative estimate of drug-likeness (QED) is 0.878. The van der Waals surface area contributed by atoms with Crippen LogP contribution in [0.1, 0.15) is 30.7 Å². The predicted molar refractivity (Wildman–Crippen MR) is 59.1 cm³/mol. The molecule has 0 heterocycles. The molecule has 1 aromatic carbocycles. The van der Waals surface area contributed by atoms with Crippen molar-refractivity contribution in [3.63, 3.8) is 0 Å². The van der Waals surface area contributed by atoms with E-state index in [4.69, 9.17) is 16.7 Å². The number of hydrogen-bond donors (Lipinski definition) is 1. The fourth-order valence-electron chi connectivity index (χ4n) is 2.02. The number of carboxylic acids is 1. The Morgan fingerprint density at radius 1 is 1.56 bits per heavy atom. The summed E-state index contributed by atoms with van der Waals surface area (Å²) in [5, 5.41) is 9.30. The fraction of sp³-hybridized carbons (Fsp3) is 0.417. The molecule has 16 heavy (non-hydrogen) atoms. The molecule has 1 atom stereocenters. The minimum atomic E-state index is -0.864. The number of benzene rings is 1. The van der Waals surface area contributed by atoms with Gasteiger partial charge in [-0.15, -0.1) is 0 Å². The van der Waals surface area contributed by atoms with E-state index in [-0.39, 0.29) is 18.2 Å². The van der Waals surface area contributed by atoms with Gasteiger partial charge in [-0.1, -0.05) is 11.6 Å². The van der Waals surface area contributed by atoms with Gasteiger partial charge in [0.15, 0.2) is 0 Å². The summed E-state index contributed by atoms with van der Waals surface area (Å²) in [4.78, 5) is 10.8. The molecule has 1 N–H and O–H groups in total. The van der Waals surface area contributed by atoms with E-state index < -0.39 is 5.97 Å². The molecule has 86 valence electrons. The zero-order chi connectivity index (χ0) is 11.7. The molecule has 0 spiro atoms. The van der Waals surface area contributed by atoms with Crippen molar-refractivity contribution in [1.82, 2.24) is 0 Å². The molecule has 2 rings (SSSR count). The molecule has 1 aliphatic carbocycles. The number of halogens is 2. The molecule has 0 aliphatic heterocycles. The van der Waals surface area contributed by atoms with E-state index in [0.29, 0.717) is 16.5 Å². The van der Waals surface area contributed by atoms with Crippen molar-refractivity contribution in [3.05, 3.63) is 34.6 Å². The van der Waals surface area contributed by atoms with Crippen LogP contribution in [0.25, 0.3) is 0 Å². The number of rotatable bonds is 4. The van der Waals surface area contributed by atoms with Crippen LogP contribution in [0.3, 0.4) is 0 Å². The zero-order valence-corrected chi connectivity index (χ0v) is 9.38. The molecule has 1 aromatic rings. The Kier molecular flexibility index (Phi) is 3.15. The van der Waals surface area contributed by atoms with Crippen LogP contribution >= 0.6 is 11.6 Å². The summed E-state index contributed by atoms with van der Waals surface area (Å²) in [5.41, 5.74) is 0.631. The summed E-state index contributed by atoms with van der Waals surface area (Å²) in [7, 11) is 0. The van der Waals surface area contributed by atoms with E-state index >= 15 is 0 Å². The van der Waals surface area contributed by atoms with Crippen LogP contribution < -0.4 is 0 Å². The molecule has 1 unspecified atom stereocenters. The average molecular weight is 243 g/mol. The van der Waals surface area contributed by atoms with Crippen LogP contribution in [-0.2, 0) is 4.79 Å². The molecule has 1 aliphatic rings. The zero-order valence-electron chi connectivity index (χ0n) is 8.62. The second-order valence-corrected chi connectivity index (χ2v) is 4.61.